The minimum Gasteiger partial charge on any atom is -0.248 e. The molecule has 0 amide bonds. The Morgan fingerprint density at radius 2 is 1.43 bits per heavy atom. The van der Waals surface area contributed by atoms with Crippen LogP contribution in [0.15, 0.2) is 59.6 Å². The van der Waals surface area contributed by atoms with Gasteiger partial charge in [0.25, 0.3) is 0 Å². The summed E-state index contributed by atoms with van der Waals surface area (Å²) in [5, 5.41) is 1.08. The summed E-state index contributed by atoms with van der Waals surface area (Å²) >= 11 is 1.80. The van der Waals surface area contributed by atoms with Gasteiger partial charge < -0.3 is 0 Å². The van der Waals surface area contributed by atoms with Crippen molar-refractivity contribution in [3.05, 3.63) is 65.9 Å². The summed E-state index contributed by atoms with van der Waals surface area (Å²) in [4.78, 5) is 9.85. The van der Waals surface area contributed by atoms with Crippen molar-refractivity contribution in [1.82, 2.24) is 9.97 Å². The molecule has 2 nitrogen and oxygen atoms in total. The summed E-state index contributed by atoms with van der Waals surface area (Å²) < 4.78 is 0. The monoisotopic (exact) mass is 322 g/mol. The van der Waals surface area contributed by atoms with E-state index in [1.807, 2.05) is 18.2 Å². The number of benzene rings is 2. The van der Waals surface area contributed by atoms with E-state index in [4.69, 9.17) is 9.97 Å². The van der Waals surface area contributed by atoms with Crippen LogP contribution in [0.4, 0.5) is 0 Å². The molecule has 1 heterocycles. The topological polar surface area (TPSA) is 25.8 Å². The highest BCUT2D eigenvalue weighted by molar-refractivity contribution is 7.98. The zero-order chi connectivity index (χ0) is 16.1. The van der Waals surface area contributed by atoms with Gasteiger partial charge in [-0.05, 0) is 30.5 Å². The molecule has 3 heteroatoms. The van der Waals surface area contributed by atoms with E-state index in [-0.39, 0.29) is 0 Å². The lowest BCUT2D eigenvalue weighted by molar-refractivity contribution is 0.607. The summed E-state index contributed by atoms with van der Waals surface area (Å²) in [7, 11) is 0. The normalized spacial score (nSPS) is 11.3. The minimum atomic E-state index is 0.477. The lowest BCUT2D eigenvalue weighted by Crippen LogP contribution is -2.04. The van der Waals surface area contributed by atoms with Crippen LogP contribution >= 0.6 is 11.8 Å². The second-order valence-corrected chi connectivity index (χ2v) is 6.65. The number of thioether (sulfide) groups is 1. The molecular formula is C20H22N2S. The first kappa shape index (κ1) is 16.0. The van der Waals surface area contributed by atoms with Gasteiger partial charge in [-0.3, -0.25) is 0 Å². The van der Waals surface area contributed by atoms with Gasteiger partial charge in [-0.1, -0.05) is 68.1 Å². The Bertz CT molecular complexity index is 767. The Kier molecular flexibility index (Phi) is 5.29. The summed E-state index contributed by atoms with van der Waals surface area (Å²) in [5.74, 6) is 1.41. The summed E-state index contributed by atoms with van der Waals surface area (Å²) in [6.45, 7) is 4.47. The molecule has 23 heavy (non-hydrogen) atoms. The van der Waals surface area contributed by atoms with Crippen molar-refractivity contribution in [1.29, 1.82) is 0 Å². The predicted octanol–water partition coefficient (Wildman–Crippen LogP) is 5.83. The molecule has 0 radical (unpaired) electrons. The van der Waals surface area contributed by atoms with E-state index in [2.05, 4.69) is 50.2 Å². The molecule has 0 aliphatic heterocycles. The van der Waals surface area contributed by atoms with E-state index in [1.165, 1.54) is 5.56 Å². The van der Waals surface area contributed by atoms with Gasteiger partial charge in [0.2, 0.25) is 0 Å². The van der Waals surface area contributed by atoms with Crippen LogP contribution in [0.5, 0.6) is 0 Å². The molecule has 0 saturated heterocycles. The van der Waals surface area contributed by atoms with Crippen molar-refractivity contribution in [2.75, 3.05) is 0 Å². The van der Waals surface area contributed by atoms with E-state index >= 15 is 0 Å². The van der Waals surface area contributed by atoms with Crippen molar-refractivity contribution >= 4 is 22.8 Å². The third kappa shape index (κ3) is 3.73. The average molecular weight is 322 g/mol. The number of hydrogen-bond acceptors (Lipinski definition) is 3. The molecule has 0 N–H and O–H groups in total. The number of nitrogens with zero attached hydrogens (tertiary/aromatic N) is 2. The second-order valence-electron chi connectivity index (χ2n) is 5.69. The summed E-state index contributed by atoms with van der Waals surface area (Å²) in [6.07, 6.45) is 2.20. The van der Waals surface area contributed by atoms with E-state index in [9.17, 15) is 0 Å². The zero-order valence-corrected chi connectivity index (χ0v) is 14.5. The fourth-order valence-electron chi connectivity index (χ4n) is 2.77. The molecule has 3 rings (SSSR count). The van der Waals surface area contributed by atoms with Gasteiger partial charge >= 0.3 is 0 Å². The third-order valence-electron chi connectivity index (χ3n) is 4.15. The molecule has 3 aromatic rings. The minimum absolute atomic E-state index is 0.477. The maximum atomic E-state index is 4.95. The number of aromatic nitrogens is 2. The van der Waals surface area contributed by atoms with Crippen molar-refractivity contribution in [2.45, 2.75) is 43.4 Å². The molecular weight excluding hydrogens is 300 g/mol. The number of hydrogen-bond donors (Lipinski definition) is 0. The van der Waals surface area contributed by atoms with Crippen LogP contribution in [0.3, 0.4) is 0 Å². The molecule has 0 spiro atoms. The van der Waals surface area contributed by atoms with Gasteiger partial charge in [-0.2, -0.15) is 0 Å². The fraction of sp³-hybridized carbons (Fsp3) is 0.300. The quantitative estimate of drug-likeness (QED) is 0.534. The number of rotatable bonds is 6. The van der Waals surface area contributed by atoms with Gasteiger partial charge in [0.05, 0.1) is 16.7 Å². The maximum Gasteiger partial charge on any atom is 0.119 e. The number of fused-ring (bicyclic) bond motifs is 1. The van der Waals surface area contributed by atoms with Gasteiger partial charge in [-0.25, -0.2) is 9.97 Å². The van der Waals surface area contributed by atoms with Crippen molar-refractivity contribution < 1.29 is 0 Å². The van der Waals surface area contributed by atoms with Gasteiger partial charge in [-0.15, -0.1) is 0 Å². The molecule has 0 aliphatic carbocycles. The van der Waals surface area contributed by atoms with E-state index < -0.39 is 0 Å². The Balaban J connectivity index is 1.96. The highest BCUT2D eigenvalue weighted by Crippen LogP contribution is 2.32. The average Bonchev–Trinajstić information content (AvgIpc) is 2.61. The van der Waals surface area contributed by atoms with Crippen molar-refractivity contribution in [3.63, 3.8) is 0 Å². The van der Waals surface area contributed by atoms with Crippen LogP contribution in [0.1, 0.15) is 43.9 Å². The molecule has 0 fully saturated rings. The largest absolute Gasteiger partial charge is 0.248 e. The van der Waals surface area contributed by atoms with Crippen LogP contribution < -0.4 is 0 Å². The molecule has 118 valence electrons. The Morgan fingerprint density at radius 3 is 2.09 bits per heavy atom. The van der Waals surface area contributed by atoms with Gasteiger partial charge in [0, 0.05) is 11.7 Å². The Morgan fingerprint density at radius 1 is 0.826 bits per heavy atom. The van der Waals surface area contributed by atoms with Gasteiger partial charge in [0.15, 0.2) is 0 Å². The van der Waals surface area contributed by atoms with Crippen LogP contribution in [0.25, 0.3) is 11.0 Å². The van der Waals surface area contributed by atoms with E-state index in [1.54, 1.807) is 11.8 Å². The molecule has 1 aromatic heterocycles. The van der Waals surface area contributed by atoms with Crippen molar-refractivity contribution in [3.8, 4) is 0 Å². The first-order valence-electron chi connectivity index (χ1n) is 8.25. The van der Waals surface area contributed by atoms with E-state index in [0.717, 1.165) is 40.3 Å². The molecule has 0 aliphatic rings. The van der Waals surface area contributed by atoms with Gasteiger partial charge in [0.1, 0.15) is 5.03 Å². The van der Waals surface area contributed by atoms with Crippen molar-refractivity contribution in [2.24, 2.45) is 0 Å². The summed E-state index contributed by atoms with van der Waals surface area (Å²) in [6, 6.07) is 18.7. The molecule has 0 bridgehead atoms. The highest BCUT2D eigenvalue weighted by atomic mass is 32.2. The smallest absolute Gasteiger partial charge is 0.119 e. The predicted molar refractivity (Wildman–Crippen MR) is 98.9 cm³/mol. The van der Waals surface area contributed by atoms with Crippen LogP contribution in [0.2, 0.25) is 0 Å². The lowest BCUT2D eigenvalue weighted by Gasteiger charge is -2.16. The standard InChI is InChI=1S/C20H22N2S/c1-3-16(4-2)19-20(23-14-15-10-6-5-7-11-15)22-18-13-9-8-12-17(18)21-19/h5-13,16H,3-4,14H2,1-2H3. The van der Waals surface area contributed by atoms with E-state index in [0.29, 0.717) is 5.92 Å². The van der Waals surface area contributed by atoms with Crippen LogP contribution in [0, 0.1) is 0 Å². The highest BCUT2D eigenvalue weighted by Gasteiger charge is 2.17. The first-order valence-corrected chi connectivity index (χ1v) is 9.23. The Hall–Kier alpha value is -1.87. The SMILES string of the molecule is CCC(CC)c1nc2ccccc2nc1SCc1ccccc1. The molecule has 0 saturated carbocycles. The summed E-state index contributed by atoms with van der Waals surface area (Å²) in [5.41, 5.74) is 4.47. The van der Waals surface area contributed by atoms with Crippen LogP contribution in [-0.4, -0.2) is 9.97 Å². The maximum absolute atomic E-state index is 4.95. The molecule has 0 atom stereocenters. The lowest BCUT2D eigenvalue weighted by atomic mass is 10.00. The zero-order valence-electron chi connectivity index (χ0n) is 13.7. The van der Waals surface area contributed by atoms with Crippen LogP contribution in [-0.2, 0) is 5.75 Å². The first-order chi connectivity index (χ1) is 11.3. The Labute approximate surface area is 142 Å². The third-order valence-corrected chi connectivity index (χ3v) is 5.21. The fourth-order valence-corrected chi connectivity index (χ4v) is 3.79. The number of para-hydroxylation sites is 2. The second kappa shape index (κ2) is 7.60. The molecule has 0 unspecified atom stereocenters. The molecule has 2 aromatic carbocycles.